The second-order valence-corrected chi connectivity index (χ2v) is 9.65. The number of hydrogen-bond acceptors (Lipinski definition) is 17. The summed E-state index contributed by atoms with van der Waals surface area (Å²) in [4.78, 5) is 31.5. The maximum Gasteiger partial charge on any atom is 0.305 e. The quantitative estimate of drug-likeness (QED) is 0.0565. The summed E-state index contributed by atoms with van der Waals surface area (Å²) < 4.78 is 0. The van der Waals surface area contributed by atoms with Crippen LogP contribution in [0.3, 0.4) is 0 Å². The largest absolute Gasteiger partial charge is 0.481 e. The van der Waals surface area contributed by atoms with Crippen LogP contribution in [0.2, 0.25) is 0 Å². The van der Waals surface area contributed by atoms with Crippen molar-refractivity contribution < 1.29 is 29.7 Å². The lowest BCUT2D eigenvalue weighted by Gasteiger charge is -2.28. The molecule has 47 heavy (non-hydrogen) atoms. The van der Waals surface area contributed by atoms with Gasteiger partial charge in [-0.05, 0) is 123 Å². The van der Waals surface area contributed by atoms with Gasteiger partial charge in [0.25, 0.3) is 0 Å². The van der Waals surface area contributed by atoms with E-state index in [0.717, 1.165) is 117 Å². The molecule has 1 atom stereocenters. The molecule has 0 aromatic heterocycles. The van der Waals surface area contributed by atoms with E-state index in [1.54, 1.807) is 0 Å². The number of carbonyl (C=O) groups is 3. The molecule has 0 saturated carbocycles. The molecular formula is C27H76N14O6. The second-order valence-electron chi connectivity index (χ2n) is 9.65. The van der Waals surface area contributed by atoms with Crippen molar-refractivity contribution in [3.05, 3.63) is 0 Å². The summed E-state index contributed by atoms with van der Waals surface area (Å²) in [6.45, 7) is 8.62. The van der Waals surface area contributed by atoms with Crippen LogP contribution in [0.5, 0.6) is 0 Å². The smallest absolute Gasteiger partial charge is 0.305 e. The molecular weight excluding hydrogens is 616 g/mol. The summed E-state index contributed by atoms with van der Waals surface area (Å²) in [6.07, 6.45) is 3.94. The van der Waals surface area contributed by atoms with Crippen LogP contribution in [0, 0.1) is 0 Å². The molecule has 0 saturated heterocycles. The van der Waals surface area contributed by atoms with E-state index in [1.807, 2.05) is 0 Å². The first-order chi connectivity index (χ1) is 22.1. The van der Waals surface area contributed by atoms with Crippen molar-refractivity contribution in [3.63, 3.8) is 0 Å². The first-order valence-electron chi connectivity index (χ1n) is 15.7. The van der Waals surface area contributed by atoms with Gasteiger partial charge in [-0.3, -0.25) is 14.4 Å². The lowest BCUT2D eigenvalue weighted by atomic mass is 9.85. The van der Waals surface area contributed by atoms with Crippen LogP contribution in [-0.4, -0.2) is 123 Å². The normalized spacial score (nSPS) is 10.1. The lowest BCUT2D eigenvalue weighted by Crippen LogP contribution is -2.48. The van der Waals surface area contributed by atoms with E-state index in [1.165, 1.54) is 0 Å². The van der Waals surface area contributed by atoms with Crippen LogP contribution in [0.4, 0.5) is 0 Å². The molecule has 0 amide bonds. The van der Waals surface area contributed by atoms with E-state index in [-0.39, 0.29) is 6.42 Å². The van der Waals surface area contributed by atoms with Gasteiger partial charge in [-0.1, -0.05) is 0 Å². The van der Waals surface area contributed by atoms with Crippen molar-refractivity contribution in [2.45, 2.75) is 75.8 Å². The topological polar surface area (TPSA) is 476 Å². The fraction of sp³-hybridized carbons (Fsp3) is 0.889. The molecule has 31 N–H and O–H groups in total. The van der Waals surface area contributed by atoms with Gasteiger partial charge in [0.1, 0.15) is 0 Å². The Morgan fingerprint density at radius 2 is 0.617 bits per heavy atom. The van der Waals surface area contributed by atoms with Crippen molar-refractivity contribution >= 4 is 17.9 Å². The third-order valence-corrected chi connectivity index (χ3v) is 4.56. The zero-order chi connectivity index (χ0) is 38.4. The molecule has 290 valence electrons. The van der Waals surface area contributed by atoms with Crippen molar-refractivity contribution in [2.24, 2.45) is 80.3 Å². The van der Waals surface area contributed by atoms with Crippen LogP contribution in [0.25, 0.3) is 0 Å². The molecule has 0 aromatic rings. The zero-order valence-corrected chi connectivity index (χ0v) is 28.8. The molecule has 1 unspecified atom stereocenters. The van der Waals surface area contributed by atoms with Crippen LogP contribution in [0.1, 0.15) is 64.2 Å². The number of hydrogen-bond donors (Lipinski definition) is 17. The Morgan fingerprint density at radius 1 is 0.426 bits per heavy atom. The molecule has 0 aliphatic heterocycles. The maximum atomic E-state index is 10.6. The van der Waals surface area contributed by atoms with Gasteiger partial charge < -0.3 is 95.6 Å². The zero-order valence-electron chi connectivity index (χ0n) is 28.8. The van der Waals surface area contributed by atoms with Gasteiger partial charge in [-0.2, -0.15) is 0 Å². The second kappa shape index (κ2) is 56.2. The van der Waals surface area contributed by atoms with Gasteiger partial charge in [0, 0.05) is 11.6 Å². The average Bonchev–Trinajstić information content (AvgIpc) is 2.96. The molecule has 0 radical (unpaired) electrons. The van der Waals surface area contributed by atoms with Gasteiger partial charge in [-0.15, -0.1) is 0 Å². The SMILES string of the molecule is NC(CC(=O)O)CC(N)(CC(=O)O)CC(=O)O.NCCCN.NCCCN.NCCCN.NCCCN.NCCCN.NCCCN. The van der Waals surface area contributed by atoms with Crippen molar-refractivity contribution in [1.82, 2.24) is 0 Å². The molecule has 0 spiro atoms. The summed E-state index contributed by atoms with van der Waals surface area (Å²) in [5.74, 6) is -3.65. The van der Waals surface area contributed by atoms with E-state index in [4.69, 9.17) is 95.6 Å². The number of carboxylic acid groups (broad SMARTS) is 3. The third-order valence-electron chi connectivity index (χ3n) is 4.56. The Labute approximate surface area is 282 Å². The highest BCUT2D eigenvalue weighted by molar-refractivity contribution is 5.73. The number of aliphatic carboxylic acids is 3. The number of carboxylic acids is 3. The fourth-order valence-corrected chi connectivity index (χ4v) is 2.33. The summed E-state index contributed by atoms with van der Waals surface area (Å²) in [6, 6.07) is -0.879. The van der Waals surface area contributed by atoms with E-state index in [2.05, 4.69) is 0 Å². The molecule has 0 bridgehead atoms. The minimum Gasteiger partial charge on any atom is -0.481 e. The molecule has 20 nitrogen and oxygen atoms in total. The standard InChI is InChI=1S/C9H16N2O6.6C3H10N2/c10-5(1-6(12)13)2-9(11,3-7(14)15)4-8(16)17;6*4-2-1-3-5/h5H,1-4,10-11H2,(H,12,13)(H,14,15)(H,16,17);6*1-5H2. The number of rotatable bonds is 20. The monoisotopic (exact) mass is 693 g/mol. The first kappa shape index (κ1) is 60.2. The number of nitrogens with two attached hydrogens (primary N) is 14. The predicted octanol–water partition coefficient (Wildman–Crippen LogP) is -5.41. The highest BCUT2D eigenvalue weighted by Gasteiger charge is 2.33. The maximum absolute atomic E-state index is 10.6. The molecule has 0 heterocycles. The summed E-state index contributed by atoms with van der Waals surface area (Å²) in [7, 11) is 0. The Morgan fingerprint density at radius 3 is 0.723 bits per heavy atom. The van der Waals surface area contributed by atoms with Crippen LogP contribution >= 0.6 is 0 Å². The Kier molecular flexibility index (Phi) is 72.0. The van der Waals surface area contributed by atoms with E-state index < -0.39 is 48.8 Å². The molecule has 0 rings (SSSR count). The Balaban J connectivity index is -0.0000000884. The molecule has 0 fully saturated rings. The molecule has 0 aliphatic rings. The van der Waals surface area contributed by atoms with Gasteiger partial charge in [0.2, 0.25) is 0 Å². The van der Waals surface area contributed by atoms with Crippen molar-refractivity contribution in [3.8, 4) is 0 Å². The van der Waals surface area contributed by atoms with Crippen molar-refractivity contribution in [1.29, 1.82) is 0 Å². The van der Waals surface area contributed by atoms with Crippen LogP contribution < -0.4 is 80.3 Å². The third kappa shape index (κ3) is 92.3. The summed E-state index contributed by atoms with van der Waals surface area (Å²) in [5, 5.41) is 25.7. The molecule has 20 heteroatoms. The first-order valence-corrected chi connectivity index (χ1v) is 15.7. The Bertz CT molecular complexity index is 526. The Hall–Kier alpha value is -2.15. The highest BCUT2D eigenvalue weighted by atomic mass is 16.4. The summed E-state index contributed by atoms with van der Waals surface area (Å²) >= 11 is 0. The minimum atomic E-state index is -1.54. The minimum absolute atomic E-state index is 0.183. The van der Waals surface area contributed by atoms with Crippen molar-refractivity contribution in [2.75, 3.05) is 78.5 Å². The lowest BCUT2D eigenvalue weighted by molar-refractivity contribution is -0.141. The molecule has 0 aliphatic carbocycles. The van der Waals surface area contributed by atoms with Gasteiger partial charge in [0.05, 0.1) is 19.3 Å². The van der Waals surface area contributed by atoms with Crippen LogP contribution in [0.15, 0.2) is 0 Å². The molecule has 0 aromatic carbocycles. The van der Waals surface area contributed by atoms with Gasteiger partial charge >= 0.3 is 17.9 Å². The van der Waals surface area contributed by atoms with Gasteiger partial charge in [-0.25, -0.2) is 0 Å². The summed E-state index contributed by atoms with van der Waals surface area (Å²) in [5.41, 5.74) is 70.3. The van der Waals surface area contributed by atoms with Crippen LogP contribution in [-0.2, 0) is 14.4 Å². The average molecular weight is 693 g/mol. The fourth-order valence-electron chi connectivity index (χ4n) is 2.33. The highest BCUT2D eigenvalue weighted by Crippen LogP contribution is 2.20. The van der Waals surface area contributed by atoms with Gasteiger partial charge in [0.15, 0.2) is 0 Å². The van der Waals surface area contributed by atoms with E-state index >= 15 is 0 Å². The van der Waals surface area contributed by atoms with E-state index in [0.29, 0.717) is 0 Å². The predicted molar refractivity (Wildman–Crippen MR) is 193 cm³/mol. The van der Waals surface area contributed by atoms with E-state index in [9.17, 15) is 14.4 Å².